The number of nitrogens with zero attached hydrogens (tertiary/aromatic N) is 1. The van der Waals surface area contributed by atoms with Gasteiger partial charge >= 0.3 is 6.18 Å². The molecule has 1 fully saturated rings. The number of hydrogen-bond donors (Lipinski definition) is 2. The minimum absolute atomic E-state index is 0.0895. The largest absolute Gasteiger partial charge is 0.477 e. The Kier molecular flexibility index (Phi) is 4.15. The van der Waals surface area contributed by atoms with Crippen molar-refractivity contribution in [2.75, 3.05) is 6.61 Å². The molecule has 0 saturated heterocycles. The summed E-state index contributed by atoms with van der Waals surface area (Å²) in [6.45, 7) is 0.291. The molecule has 0 radical (unpaired) electrons. The highest BCUT2D eigenvalue weighted by atomic mass is 19.4. The van der Waals surface area contributed by atoms with Gasteiger partial charge in [0.05, 0.1) is 12.2 Å². The lowest BCUT2D eigenvalue weighted by molar-refractivity contribution is -0.141. The highest BCUT2D eigenvalue weighted by Crippen LogP contribution is 2.31. The van der Waals surface area contributed by atoms with Crippen LogP contribution in [0.1, 0.15) is 36.9 Å². The first-order valence-corrected chi connectivity index (χ1v) is 6.43. The van der Waals surface area contributed by atoms with Crippen LogP contribution in [0.3, 0.4) is 0 Å². The minimum Gasteiger partial charge on any atom is -0.477 e. The first-order chi connectivity index (χ1) is 9.38. The van der Waals surface area contributed by atoms with Gasteiger partial charge in [-0.25, -0.2) is 4.98 Å². The molecular formula is C13H16F3N3O. The first-order valence-electron chi connectivity index (χ1n) is 6.43. The molecule has 3 N–H and O–H groups in total. The quantitative estimate of drug-likeness (QED) is 0.646. The van der Waals surface area contributed by atoms with Crippen LogP contribution in [0, 0.1) is 11.3 Å². The second-order valence-corrected chi connectivity index (χ2v) is 4.89. The van der Waals surface area contributed by atoms with Crippen LogP contribution in [0.5, 0.6) is 5.88 Å². The Morgan fingerprint density at radius 2 is 2.10 bits per heavy atom. The molecule has 0 atom stereocenters. The highest BCUT2D eigenvalue weighted by Gasteiger charge is 2.33. The van der Waals surface area contributed by atoms with Gasteiger partial charge in [0, 0.05) is 0 Å². The normalized spacial score (nSPS) is 15.8. The Bertz CT molecular complexity index is 498. The van der Waals surface area contributed by atoms with Crippen LogP contribution >= 0.6 is 0 Å². The molecular weight excluding hydrogens is 271 g/mol. The van der Waals surface area contributed by atoms with Crippen molar-refractivity contribution in [1.29, 1.82) is 5.41 Å². The average molecular weight is 287 g/mol. The summed E-state index contributed by atoms with van der Waals surface area (Å²) in [5, 5.41) is 7.35. The molecule has 0 amide bonds. The molecule has 1 saturated carbocycles. The molecule has 1 aliphatic rings. The van der Waals surface area contributed by atoms with Gasteiger partial charge < -0.3 is 10.5 Å². The number of halogens is 3. The van der Waals surface area contributed by atoms with E-state index in [9.17, 15) is 13.2 Å². The van der Waals surface area contributed by atoms with E-state index in [-0.39, 0.29) is 17.3 Å². The molecule has 4 nitrogen and oxygen atoms in total. The fraction of sp³-hybridized carbons (Fsp3) is 0.538. The average Bonchev–Trinajstić information content (AvgIpc) is 2.30. The van der Waals surface area contributed by atoms with Gasteiger partial charge in [-0.1, -0.05) is 19.3 Å². The number of ether oxygens (including phenoxy) is 1. The number of amidine groups is 1. The van der Waals surface area contributed by atoms with E-state index in [2.05, 4.69) is 4.98 Å². The number of nitrogens with two attached hydrogens (primary N) is 1. The number of pyridine rings is 1. The molecule has 0 unspecified atom stereocenters. The van der Waals surface area contributed by atoms with Crippen LogP contribution in [-0.4, -0.2) is 17.4 Å². The van der Waals surface area contributed by atoms with Gasteiger partial charge in [0.1, 0.15) is 11.5 Å². The molecule has 0 spiro atoms. The summed E-state index contributed by atoms with van der Waals surface area (Å²) in [4.78, 5) is 3.44. The maximum Gasteiger partial charge on any atom is 0.433 e. The molecule has 7 heteroatoms. The Labute approximate surface area is 114 Å². The zero-order chi connectivity index (χ0) is 14.8. The lowest BCUT2D eigenvalue weighted by Gasteiger charge is -2.25. The number of nitrogens with one attached hydrogen (secondary N) is 1. The van der Waals surface area contributed by atoms with Crippen LogP contribution in [0.25, 0.3) is 0 Å². The van der Waals surface area contributed by atoms with Gasteiger partial charge in [-0.05, 0) is 24.5 Å². The topological polar surface area (TPSA) is 72.0 Å². The van der Waals surface area contributed by atoms with Crippen molar-refractivity contribution in [2.45, 2.75) is 31.9 Å². The van der Waals surface area contributed by atoms with Gasteiger partial charge in [0.15, 0.2) is 0 Å². The summed E-state index contributed by atoms with van der Waals surface area (Å²) in [5.41, 5.74) is 4.37. The zero-order valence-corrected chi connectivity index (χ0v) is 10.8. The lowest BCUT2D eigenvalue weighted by Crippen LogP contribution is -2.19. The Balaban J connectivity index is 2.11. The number of nitrogen functional groups attached to an aromatic ring is 1. The fourth-order valence-electron chi connectivity index (χ4n) is 2.02. The van der Waals surface area contributed by atoms with Crippen LogP contribution in [0.4, 0.5) is 13.2 Å². The molecule has 1 aromatic heterocycles. The van der Waals surface area contributed by atoms with E-state index in [1.165, 1.54) is 6.42 Å². The maximum absolute atomic E-state index is 12.6. The molecule has 2 rings (SSSR count). The summed E-state index contributed by atoms with van der Waals surface area (Å²) < 4.78 is 43.1. The molecule has 1 heterocycles. The lowest BCUT2D eigenvalue weighted by atomic mass is 9.83. The van der Waals surface area contributed by atoms with Crippen LogP contribution < -0.4 is 10.5 Å². The third-order valence-corrected chi connectivity index (χ3v) is 3.43. The smallest absolute Gasteiger partial charge is 0.433 e. The summed E-state index contributed by atoms with van der Waals surface area (Å²) in [6.07, 6.45) is -0.278. The number of aromatic nitrogens is 1. The molecule has 20 heavy (non-hydrogen) atoms. The summed E-state index contributed by atoms with van der Waals surface area (Å²) in [6, 6.07) is 1.92. The number of rotatable bonds is 5. The van der Waals surface area contributed by atoms with Crippen LogP contribution in [0.2, 0.25) is 0 Å². The van der Waals surface area contributed by atoms with E-state index in [0.717, 1.165) is 31.4 Å². The van der Waals surface area contributed by atoms with Crippen LogP contribution in [0.15, 0.2) is 12.1 Å². The SMILES string of the molecule is N=C(N)c1ccc(C(F)(F)F)nc1OCCC1CCC1. The molecule has 0 aromatic carbocycles. The number of alkyl halides is 3. The van der Waals surface area contributed by atoms with E-state index in [4.69, 9.17) is 15.9 Å². The van der Waals surface area contributed by atoms with E-state index in [0.29, 0.717) is 12.5 Å². The van der Waals surface area contributed by atoms with Crippen molar-refractivity contribution < 1.29 is 17.9 Å². The van der Waals surface area contributed by atoms with Gasteiger partial charge in [-0.15, -0.1) is 0 Å². The summed E-state index contributed by atoms with van der Waals surface area (Å²) in [7, 11) is 0. The monoisotopic (exact) mass is 287 g/mol. The standard InChI is InChI=1S/C13H16F3N3O/c14-13(15,16)10-5-4-9(11(17)18)12(19-10)20-7-6-8-2-1-3-8/h4-5,8H,1-3,6-7H2,(H3,17,18). The predicted molar refractivity (Wildman–Crippen MR) is 67.7 cm³/mol. The predicted octanol–water partition coefficient (Wildman–Crippen LogP) is 2.95. The molecule has 110 valence electrons. The summed E-state index contributed by atoms with van der Waals surface area (Å²) >= 11 is 0. The van der Waals surface area contributed by atoms with Gasteiger partial charge in [0.25, 0.3) is 0 Å². The number of hydrogen-bond acceptors (Lipinski definition) is 3. The molecule has 0 aliphatic heterocycles. The van der Waals surface area contributed by atoms with Crippen LogP contribution in [-0.2, 0) is 6.18 Å². The Morgan fingerprint density at radius 1 is 1.40 bits per heavy atom. The maximum atomic E-state index is 12.6. The second kappa shape index (κ2) is 5.68. The van der Waals surface area contributed by atoms with E-state index in [1.807, 2.05) is 0 Å². The third kappa shape index (κ3) is 3.40. The minimum atomic E-state index is -4.54. The van der Waals surface area contributed by atoms with Crippen molar-refractivity contribution in [1.82, 2.24) is 4.98 Å². The Morgan fingerprint density at radius 3 is 2.60 bits per heavy atom. The zero-order valence-electron chi connectivity index (χ0n) is 10.8. The van der Waals surface area contributed by atoms with E-state index >= 15 is 0 Å². The van der Waals surface area contributed by atoms with Crippen molar-refractivity contribution >= 4 is 5.84 Å². The Hall–Kier alpha value is -1.79. The van der Waals surface area contributed by atoms with Gasteiger partial charge in [-0.3, -0.25) is 5.41 Å². The van der Waals surface area contributed by atoms with E-state index < -0.39 is 11.9 Å². The fourth-order valence-corrected chi connectivity index (χ4v) is 2.02. The van der Waals surface area contributed by atoms with Crippen molar-refractivity contribution in [3.63, 3.8) is 0 Å². The molecule has 0 bridgehead atoms. The first kappa shape index (κ1) is 14.6. The van der Waals surface area contributed by atoms with Gasteiger partial charge in [-0.2, -0.15) is 13.2 Å². The summed E-state index contributed by atoms with van der Waals surface area (Å²) in [5.74, 6) is 0.0121. The van der Waals surface area contributed by atoms with Crippen molar-refractivity contribution in [3.05, 3.63) is 23.4 Å². The van der Waals surface area contributed by atoms with Gasteiger partial charge in [0.2, 0.25) is 5.88 Å². The van der Waals surface area contributed by atoms with Crippen molar-refractivity contribution in [3.8, 4) is 5.88 Å². The molecule has 1 aliphatic carbocycles. The van der Waals surface area contributed by atoms with Crippen molar-refractivity contribution in [2.24, 2.45) is 11.7 Å². The highest BCUT2D eigenvalue weighted by molar-refractivity contribution is 5.97. The third-order valence-electron chi connectivity index (χ3n) is 3.43. The second-order valence-electron chi connectivity index (χ2n) is 4.89. The van der Waals surface area contributed by atoms with E-state index in [1.54, 1.807) is 0 Å². The molecule has 1 aromatic rings.